The fourth-order valence-corrected chi connectivity index (χ4v) is 2.24. The molecule has 2 heterocycles. The summed E-state index contributed by atoms with van der Waals surface area (Å²) in [5.41, 5.74) is 3.30. The molecule has 0 saturated heterocycles. The van der Waals surface area contributed by atoms with Crippen LogP contribution in [0.5, 0.6) is 5.75 Å². The highest BCUT2D eigenvalue weighted by molar-refractivity contribution is 6.00. The van der Waals surface area contributed by atoms with Crippen LogP contribution in [0.25, 0.3) is 0 Å². The van der Waals surface area contributed by atoms with Crippen molar-refractivity contribution in [1.29, 1.82) is 0 Å². The van der Waals surface area contributed by atoms with Gasteiger partial charge in [0.1, 0.15) is 12.4 Å². The minimum Gasteiger partial charge on any atom is -0.487 e. The van der Waals surface area contributed by atoms with Crippen molar-refractivity contribution in [3.63, 3.8) is 0 Å². The number of carbonyl (C=O) groups is 1. The summed E-state index contributed by atoms with van der Waals surface area (Å²) in [7, 11) is 0. The Morgan fingerprint density at radius 3 is 2.69 bits per heavy atom. The zero-order chi connectivity index (χ0) is 18.4. The Labute approximate surface area is 151 Å². The smallest absolute Gasteiger partial charge is 0.324 e. The Hall–Kier alpha value is -3.48. The number of aromatic nitrogens is 3. The van der Waals surface area contributed by atoms with E-state index in [1.807, 2.05) is 44.2 Å². The first kappa shape index (κ1) is 17.3. The maximum atomic E-state index is 12.2. The number of aryl methyl sites for hydroxylation is 2. The Morgan fingerprint density at radius 1 is 1.08 bits per heavy atom. The Balaban J connectivity index is 1.68. The van der Waals surface area contributed by atoms with Gasteiger partial charge in [-0.2, -0.15) is 0 Å². The Kier molecular flexibility index (Phi) is 5.38. The number of nitrogens with zero attached hydrogens (tertiary/aromatic N) is 3. The van der Waals surface area contributed by atoms with Gasteiger partial charge in [0, 0.05) is 18.0 Å². The first-order valence-corrected chi connectivity index (χ1v) is 8.09. The predicted molar refractivity (Wildman–Crippen MR) is 99.2 cm³/mol. The van der Waals surface area contributed by atoms with Crippen molar-refractivity contribution in [2.24, 2.45) is 0 Å². The van der Waals surface area contributed by atoms with Crippen molar-refractivity contribution in [2.75, 3.05) is 10.6 Å². The van der Waals surface area contributed by atoms with Crippen molar-refractivity contribution in [1.82, 2.24) is 15.0 Å². The van der Waals surface area contributed by atoms with Gasteiger partial charge in [0.15, 0.2) is 5.82 Å². The molecule has 7 heteroatoms. The highest BCUT2D eigenvalue weighted by Crippen LogP contribution is 2.26. The van der Waals surface area contributed by atoms with E-state index in [0.29, 0.717) is 23.9 Å². The summed E-state index contributed by atoms with van der Waals surface area (Å²) in [6.45, 7) is 4.13. The lowest BCUT2D eigenvalue weighted by Gasteiger charge is -2.14. The zero-order valence-electron chi connectivity index (χ0n) is 14.6. The van der Waals surface area contributed by atoms with Gasteiger partial charge in [-0.25, -0.2) is 9.78 Å². The van der Waals surface area contributed by atoms with Crippen LogP contribution in [-0.4, -0.2) is 21.0 Å². The second-order valence-corrected chi connectivity index (χ2v) is 5.77. The molecule has 2 amide bonds. The SMILES string of the molecule is Cc1ccc(OCc2cccnc2)c(NC(=O)Nc2cnc(C)cn2)c1. The molecule has 2 N–H and O–H groups in total. The van der Waals surface area contributed by atoms with Crippen LogP contribution in [0.15, 0.2) is 55.1 Å². The normalized spacial score (nSPS) is 10.2. The Morgan fingerprint density at radius 2 is 1.96 bits per heavy atom. The first-order valence-electron chi connectivity index (χ1n) is 8.09. The number of pyridine rings is 1. The van der Waals surface area contributed by atoms with E-state index >= 15 is 0 Å². The molecule has 3 aromatic rings. The summed E-state index contributed by atoms with van der Waals surface area (Å²) in [4.78, 5) is 24.5. The van der Waals surface area contributed by atoms with E-state index in [4.69, 9.17) is 4.74 Å². The number of urea groups is 1. The van der Waals surface area contributed by atoms with E-state index in [2.05, 4.69) is 25.6 Å². The fraction of sp³-hybridized carbons (Fsp3) is 0.158. The van der Waals surface area contributed by atoms with Crippen molar-refractivity contribution in [3.05, 3.63) is 71.9 Å². The highest BCUT2D eigenvalue weighted by Gasteiger charge is 2.10. The second-order valence-electron chi connectivity index (χ2n) is 5.77. The van der Waals surface area contributed by atoms with Crippen LogP contribution in [0.2, 0.25) is 0 Å². The van der Waals surface area contributed by atoms with Gasteiger partial charge in [0.25, 0.3) is 0 Å². The number of hydrogen-bond acceptors (Lipinski definition) is 5. The number of rotatable bonds is 5. The molecular weight excluding hydrogens is 330 g/mol. The molecule has 0 aliphatic heterocycles. The lowest BCUT2D eigenvalue weighted by atomic mass is 10.2. The molecule has 0 aliphatic rings. The van der Waals surface area contributed by atoms with E-state index in [1.54, 1.807) is 18.6 Å². The molecule has 0 spiro atoms. The second kappa shape index (κ2) is 8.06. The van der Waals surface area contributed by atoms with E-state index in [-0.39, 0.29) is 0 Å². The summed E-state index contributed by atoms with van der Waals surface area (Å²) in [5, 5.41) is 5.44. The van der Waals surface area contributed by atoms with E-state index < -0.39 is 6.03 Å². The van der Waals surface area contributed by atoms with Crippen molar-refractivity contribution >= 4 is 17.5 Å². The molecule has 0 radical (unpaired) electrons. The van der Waals surface area contributed by atoms with Gasteiger partial charge in [-0.15, -0.1) is 0 Å². The van der Waals surface area contributed by atoms with Gasteiger partial charge in [-0.05, 0) is 37.6 Å². The summed E-state index contributed by atoms with van der Waals surface area (Å²) in [6, 6.07) is 8.96. The van der Waals surface area contributed by atoms with Crippen LogP contribution in [-0.2, 0) is 6.61 Å². The predicted octanol–water partition coefficient (Wildman–Crippen LogP) is 3.71. The number of anilines is 2. The molecule has 3 rings (SSSR count). The van der Waals surface area contributed by atoms with Gasteiger partial charge in [-0.1, -0.05) is 12.1 Å². The molecule has 7 nitrogen and oxygen atoms in total. The average molecular weight is 349 g/mol. The monoisotopic (exact) mass is 349 g/mol. The molecule has 2 aromatic heterocycles. The van der Waals surface area contributed by atoms with Gasteiger partial charge in [0.05, 0.1) is 23.8 Å². The molecule has 1 aromatic carbocycles. The van der Waals surface area contributed by atoms with Crippen molar-refractivity contribution in [3.8, 4) is 5.75 Å². The molecule has 0 unspecified atom stereocenters. The van der Waals surface area contributed by atoms with Gasteiger partial charge in [0.2, 0.25) is 0 Å². The molecule has 0 fully saturated rings. The molecule has 26 heavy (non-hydrogen) atoms. The summed E-state index contributed by atoms with van der Waals surface area (Å²) < 4.78 is 5.83. The van der Waals surface area contributed by atoms with Crippen LogP contribution in [0.4, 0.5) is 16.3 Å². The average Bonchev–Trinajstić information content (AvgIpc) is 2.64. The van der Waals surface area contributed by atoms with Crippen LogP contribution in [0, 0.1) is 13.8 Å². The summed E-state index contributed by atoms with van der Waals surface area (Å²) >= 11 is 0. The van der Waals surface area contributed by atoms with Crippen LogP contribution < -0.4 is 15.4 Å². The highest BCUT2D eigenvalue weighted by atomic mass is 16.5. The molecule has 0 bridgehead atoms. The minimum atomic E-state index is -0.417. The molecular formula is C19H19N5O2. The summed E-state index contributed by atoms with van der Waals surface area (Å²) in [5.74, 6) is 0.947. The van der Waals surface area contributed by atoms with Gasteiger partial charge in [-0.3, -0.25) is 15.3 Å². The summed E-state index contributed by atoms with van der Waals surface area (Å²) in [6.07, 6.45) is 6.54. The largest absolute Gasteiger partial charge is 0.487 e. The third-order valence-electron chi connectivity index (χ3n) is 3.52. The third-order valence-corrected chi connectivity index (χ3v) is 3.52. The number of ether oxygens (including phenoxy) is 1. The Bertz CT molecular complexity index is 882. The molecule has 132 valence electrons. The van der Waals surface area contributed by atoms with Crippen LogP contribution in [0.3, 0.4) is 0 Å². The van der Waals surface area contributed by atoms with E-state index in [9.17, 15) is 4.79 Å². The lowest BCUT2D eigenvalue weighted by molar-refractivity contribution is 0.261. The topological polar surface area (TPSA) is 89.0 Å². The first-order chi connectivity index (χ1) is 12.6. The lowest BCUT2D eigenvalue weighted by Crippen LogP contribution is -2.20. The maximum Gasteiger partial charge on any atom is 0.324 e. The van der Waals surface area contributed by atoms with E-state index in [1.165, 1.54) is 6.20 Å². The minimum absolute atomic E-state index is 0.358. The standard InChI is InChI=1S/C19H19N5O2/c1-13-5-6-17(26-12-15-4-3-7-20-10-15)16(8-13)23-19(25)24-18-11-21-14(2)9-22-18/h3-11H,12H2,1-2H3,(H2,22,23,24,25). The van der Waals surface area contributed by atoms with E-state index in [0.717, 1.165) is 16.8 Å². The fourth-order valence-electron chi connectivity index (χ4n) is 2.24. The number of benzene rings is 1. The third kappa shape index (κ3) is 4.76. The maximum absolute atomic E-state index is 12.2. The molecule has 0 aliphatic carbocycles. The quantitative estimate of drug-likeness (QED) is 0.733. The van der Waals surface area contributed by atoms with Gasteiger partial charge >= 0.3 is 6.03 Å². The number of carbonyl (C=O) groups excluding carboxylic acids is 1. The molecule has 0 atom stereocenters. The number of amides is 2. The van der Waals surface area contributed by atoms with Crippen LogP contribution >= 0.6 is 0 Å². The van der Waals surface area contributed by atoms with Crippen molar-refractivity contribution in [2.45, 2.75) is 20.5 Å². The zero-order valence-corrected chi connectivity index (χ0v) is 14.6. The number of hydrogen-bond donors (Lipinski definition) is 2. The van der Waals surface area contributed by atoms with Crippen molar-refractivity contribution < 1.29 is 9.53 Å². The van der Waals surface area contributed by atoms with Crippen LogP contribution in [0.1, 0.15) is 16.8 Å². The number of nitrogens with one attached hydrogen (secondary N) is 2. The van der Waals surface area contributed by atoms with Gasteiger partial charge < -0.3 is 10.1 Å². The molecule has 0 saturated carbocycles.